The first-order chi connectivity index (χ1) is 6.88. The van der Waals surface area contributed by atoms with Gasteiger partial charge in [0.2, 0.25) is 0 Å². The quantitative estimate of drug-likeness (QED) is 0.794. The van der Waals surface area contributed by atoms with Gasteiger partial charge in [0, 0.05) is 17.8 Å². The van der Waals surface area contributed by atoms with E-state index in [9.17, 15) is 0 Å². The number of hydrogen-bond donors (Lipinski definition) is 2. The van der Waals surface area contributed by atoms with Gasteiger partial charge in [0.15, 0.2) is 0 Å². The summed E-state index contributed by atoms with van der Waals surface area (Å²) in [6, 6.07) is 0.599. The molecule has 0 aliphatic carbocycles. The van der Waals surface area contributed by atoms with Crippen LogP contribution in [0.25, 0.3) is 0 Å². The average Bonchev–Trinajstić information content (AvgIpc) is 2.67. The summed E-state index contributed by atoms with van der Waals surface area (Å²) in [7, 11) is 0. The molecule has 0 amide bonds. The van der Waals surface area contributed by atoms with Crippen LogP contribution in [-0.4, -0.2) is 22.7 Å². The van der Waals surface area contributed by atoms with Crippen LogP contribution in [0.1, 0.15) is 30.0 Å². The highest BCUT2D eigenvalue weighted by Crippen LogP contribution is 2.16. The summed E-state index contributed by atoms with van der Waals surface area (Å²) in [6.07, 6.45) is 4.91. The van der Waals surface area contributed by atoms with Crippen molar-refractivity contribution >= 4 is 11.3 Å². The maximum absolute atomic E-state index is 8.89. The van der Waals surface area contributed by atoms with Crippen molar-refractivity contribution in [1.82, 2.24) is 10.3 Å². The van der Waals surface area contributed by atoms with Gasteiger partial charge in [-0.2, -0.15) is 0 Å². The third-order valence-corrected chi connectivity index (χ3v) is 3.51. The third kappa shape index (κ3) is 2.53. The minimum Gasteiger partial charge on any atom is -0.390 e. The number of thiazole rings is 1. The van der Waals surface area contributed by atoms with Crippen LogP contribution < -0.4 is 5.32 Å². The van der Waals surface area contributed by atoms with Crippen molar-refractivity contribution in [3.05, 3.63) is 16.1 Å². The van der Waals surface area contributed by atoms with Gasteiger partial charge < -0.3 is 10.4 Å². The number of rotatable bonds is 3. The van der Waals surface area contributed by atoms with Gasteiger partial charge in [0.1, 0.15) is 0 Å². The molecule has 0 saturated carbocycles. The maximum Gasteiger partial charge on any atom is 0.0944 e. The van der Waals surface area contributed by atoms with Crippen LogP contribution in [0.3, 0.4) is 0 Å². The number of aliphatic hydroxyl groups excluding tert-OH is 1. The van der Waals surface area contributed by atoms with Gasteiger partial charge in [-0.15, -0.1) is 11.3 Å². The van der Waals surface area contributed by atoms with E-state index in [0.717, 1.165) is 23.7 Å². The number of aliphatic hydroxyl groups is 1. The average molecular weight is 212 g/mol. The highest BCUT2D eigenvalue weighted by molar-refractivity contribution is 7.09. The molecule has 0 spiro atoms. The Morgan fingerprint density at radius 2 is 2.50 bits per heavy atom. The molecule has 14 heavy (non-hydrogen) atoms. The first-order valence-electron chi connectivity index (χ1n) is 5.16. The van der Waals surface area contributed by atoms with Crippen LogP contribution in [0.4, 0.5) is 0 Å². The van der Waals surface area contributed by atoms with E-state index in [0.29, 0.717) is 6.04 Å². The molecule has 1 aromatic heterocycles. The lowest BCUT2D eigenvalue weighted by molar-refractivity contribution is 0.277. The first-order valence-corrected chi connectivity index (χ1v) is 6.04. The molecular formula is C10H16N2OS. The normalized spacial score (nSPS) is 22.5. The van der Waals surface area contributed by atoms with Gasteiger partial charge in [-0.3, -0.25) is 0 Å². The molecule has 0 aromatic carbocycles. The minimum absolute atomic E-state index is 0.0641. The van der Waals surface area contributed by atoms with Crippen LogP contribution in [0.15, 0.2) is 5.38 Å². The molecular weight excluding hydrogens is 196 g/mol. The largest absolute Gasteiger partial charge is 0.390 e. The maximum atomic E-state index is 8.89. The molecule has 2 heterocycles. The summed E-state index contributed by atoms with van der Waals surface area (Å²) < 4.78 is 0. The standard InChI is InChI=1S/C10H16N2OS/c13-6-9-7-14-10(12-9)5-8-3-1-2-4-11-8/h7-8,11,13H,1-6H2. The molecule has 1 unspecified atom stereocenters. The fourth-order valence-electron chi connectivity index (χ4n) is 1.82. The second-order valence-electron chi connectivity index (χ2n) is 3.74. The lowest BCUT2D eigenvalue weighted by Gasteiger charge is -2.22. The van der Waals surface area contributed by atoms with Gasteiger partial charge >= 0.3 is 0 Å². The Labute approximate surface area is 88.2 Å². The Kier molecular flexibility index (Phi) is 3.50. The molecule has 3 nitrogen and oxygen atoms in total. The van der Waals surface area contributed by atoms with E-state index < -0.39 is 0 Å². The molecule has 0 radical (unpaired) electrons. The van der Waals surface area contributed by atoms with E-state index in [1.54, 1.807) is 11.3 Å². The number of nitrogens with one attached hydrogen (secondary N) is 1. The molecule has 2 rings (SSSR count). The van der Waals surface area contributed by atoms with Crippen molar-refractivity contribution in [1.29, 1.82) is 0 Å². The number of nitrogens with zero attached hydrogens (tertiary/aromatic N) is 1. The molecule has 2 N–H and O–H groups in total. The Hall–Kier alpha value is -0.450. The predicted molar refractivity (Wildman–Crippen MR) is 57.4 cm³/mol. The van der Waals surface area contributed by atoms with Crippen molar-refractivity contribution in [2.24, 2.45) is 0 Å². The zero-order valence-corrected chi connectivity index (χ0v) is 9.02. The molecule has 1 aromatic rings. The van der Waals surface area contributed by atoms with Crippen LogP contribution in [0, 0.1) is 0 Å². The third-order valence-electron chi connectivity index (χ3n) is 2.59. The second kappa shape index (κ2) is 4.87. The summed E-state index contributed by atoms with van der Waals surface area (Å²) in [6.45, 7) is 1.21. The van der Waals surface area contributed by atoms with Crippen molar-refractivity contribution < 1.29 is 5.11 Å². The molecule has 0 bridgehead atoms. The number of aromatic nitrogens is 1. The topological polar surface area (TPSA) is 45.1 Å². The zero-order chi connectivity index (χ0) is 9.80. The monoisotopic (exact) mass is 212 g/mol. The molecule has 1 saturated heterocycles. The van der Waals surface area contributed by atoms with Gasteiger partial charge in [-0.05, 0) is 19.4 Å². The van der Waals surface area contributed by atoms with Crippen LogP contribution >= 0.6 is 11.3 Å². The van der Waals surface area contributed by atoms with E-state index in [-0.39, 0.29) is 6.61 Å². The molecule has 1 aliphatic rings. The smallest absolute Gasteiger partial charge is 0.0944 e. The van der Waals surface area contributed by atoms with Gasteiger partial charge in [-0.1, -0.05) is 6.42 Å². The zero-order valence-electron chi connectivity index (χ0n) is 8.20. The Morgan fingerprint density at radius 1 is 1.57 bits per heavy atom. The van der Waals surface area contributed by atoms with Crippen molar-refractivity contribution in [3.63, 3.8) is 0 Å². The summed E-state index contributed by atoms with van der Waals surface area (Å²) >= 11 is 1.66. The Balaban J connectivity index is 1.89. The van der Waals surface area contributed by atoms with E-state index in [1.807, 2.05) is 5.38 Å². The highest BCUT2D eigenvalue weighted by atomic mass is 32.1. The van der Waals surface area contributed by atoms with Gasteiger partial charge in [-0.25, -0.2) is 4.98 Å². The van der Waals surface area contributed by atoms with Crippen molar-refractivity contribution in [3.8, 4) is 0 Å². The SMILES string of the molecule is OCc1csc(CC2CCCCN2)n1. The molecule has 1 aliphatic heterocycles. The fourth-order valence-corrected chi connectivity index (χ4v) is 2.69. The first kappa shape index (κ1) is 10.1. The van der Waals surface area contributed by atoms with E-state index in [1.165, 1.54) is 19.3 Å². The van der Waals surface area contributed by atoms with Crippen LogP contribution in [-0.2, 0) is 13.0 Å². The summed E-state index contributed by atoms with van der Waals surface area (Å²) in [5.74, 6) is 0. The van der Waals surface area contributed by atoms with Crippen molar-refractivity contribution in [2.45, 2.75) is 38.3 Å². The Morgan fingerprint density at radius 3 is 3.14 bits per heavy atom. The molecule has 1 fully saturated rings. The summed E-state index contributed by atoms with van der Waals surface area (Å²) in [5.41, 5.74) is 0.806. The summed E-state index contributed by atoms with van der Waals surface area (Å²) in [4.78, 5) is 4.35. The van der Waals surface area contributed by atoms with E-state index in [2.05, 4.69) is 10.3 Å². The van der Waals surface area contributed by atoms with Gasteiger partial charge in [0.05, 0.1) is 17.3 Å². The predicted octanol–water partition coefficient (Wildman–Crippen LogP) is 1.32. The van der Waals surface area contributed by atoms with Crippen LogP contribution in [0.5, 0.6) is 0 Å². The summed E-state index contributed by atoms with van der Waals surface area (Å²) in [5, 5.41) is 15.5. The molecule has 4 heteroatoms. The Bertz CT molecular complexity index is 281. The van der Waals surface area contributed by atoms with E-state index in [4.69, 9.17) is 5.11 Å². The number of hydrogen-bond acceptors (Lipinski definition) is 4. The van der Waals surface area contributed by atoms with Crippen molar-refractivity contribution in [2.75, 3.05) is 6.54 Å². The van der Waals surface area contributed by atoms with Gasteiger partial charge in [0.25, 0.3) is 0 Å². The highest BCUT2D eigenvalue weighted by Gasteiger charge is 2.14. The molecule has 78 valence electrons. The lowest BCUT2D eigenvalue weighted by Crippen LogP contribution is -2.35. The minimum atomic E-state index is 0.0641. The lowest BCUT2D eigenvalue weighted by atomic mass is 10.0. The molecule has 1 atom stereocenters. The fraction of sp³-hybridized carbons (Fsp3) is 0.700. The van der Waals surface area contributed by atoms with E-state index >= 15 is 0 Å². The number of piperidine rings is 1. The van der Waals surface area contributed by atoms with Crippen LogP contribution in [0.2, 0.25) is 0 Å². The second-order valence-corrected chi connectivity index (χ2v) is 4.68.